The number of hydrogen-bond donors (Lipinski definition) is 0. The Balaban J connectivity index is 1.69. The van der Waals surface area contributed by atoms with E-state index < -0.39 is 9.84 Å². The first-order chi connectivity index (χ1) is 15.1. The second-order valence-corrected chi connectivity index (χ2v) is 9.63. The predicted octanol–water partition coefficient (Wildman–Crippen LogP) is 4.41. The fraction of sp³-hybridized carbons (Fsp3) is 0.0870. The number of hydrogen-bond acceptors (Lipinski definition) is 6. The molecular weight excluding hydrogens is 428 g/mol. The van der Waals surface area contributed by atoms with Gasteiger partial charge in [-0.25, -0.2) is 8.42 Å². The second kappa shape index (κ2) is 9.16. The van der Waals surface area contributed by atoms with E-state index >= 15 is 0 Å². The van der Waals surface area contributed by atoms with Gasteiger partial charge in [-0.2, -0.15) is 5.26 Å². The summed E-state index contributed by atoms with van der Waals surface area (Å²) in [4.78, 5) is 0.245. The van der Waals surface area contributed by atoms with E-state index in [1.165, 1.54) is 11.8 Å². The van der Waals surface area contributed by atoms with E-state index in [1.807, 2.05) is 48.5 Å². The molecule has 0 bridgehead atoms. The molecule has 0 spiro atoms. The molecule has 4 rings (SSSR count). The Labute approximate surface area is 185 Å². The number of nitrogens with zero attached hydrogens (tertiary/aromatic N) is 4. The van der Waals surface area contributed by atoms with Gasteiger partial charge in [-0.15, -0.1) is 10.2 Å². The van der Waals surface area contributed by atoms with Crippen LogP contribution in [0.2, 0.25) is 0 Å². The number of sulfone groups is 1. The van der Waals surface area contributed by atoms with Crippen molar-refractivity contribution in [1.29, 1.82) is 5.26 Å². The molecule has 0 fully saturated rings. The summed E-state index contributed by atoms with van der Waals surface area (Å²) in [6, 6.07) is 27.3. The molecule has 0 aliphatic heterocycles. The van der Waals surface area contributed by atoms with Crippen LogP contribution in [0.5, 0.6) is 0 Å². The minimum absolute atomic E-state index is 0.245. The summed E-state index contributed by atoms with van der Waals surface area (Å²) in [5.41, 5.74) is 2.27. The molecule has 0 unspecified atom stereocenters. The lowest BCUT2D eigenvalue weighted by Crippen LogP contribution is -2.11. The van der Waals surface area contributed by atoms with E-state index in [4.69, 9.17) is 0 Å². The first kappa shape index (κ1) is 20.8. The van der Waals surface area contributed by atoms with Gasteiger partial charge in [0.2, 0.25) is 0 Å². The Morgan fingerprint density at radius 1 is 0.871 bits per heavy atom. The van der Waals surface area contributed by atoms with Crippen LogP contribution in [0.4, 0.5) is 0 Å². The van der Waals surface area contributed by atoms with Gasteiger partial charge >= 0.3 is 0 Å². The Morgan fingerprint density at radius 2 is 1.52 bits per heavy atom. The predicted molar refractivity (Wildman–Crippen MR) is 119 cm³/mol. The maximum atomic E-state index is 12.9. The third-order valence-corrected chi connectivity index (χ3v) is 7.24. The first-order valence-corrected chi connectivity index (χ1v) is 12.1. The third-order valence-electron chi connectivity index (χ3n) is 4.63. The smallest absolute Gasteiger partial charge is 0.196 e. The molecule has 4 aromatic rings. The zero-order chi connectivity index (χ0) is 21.7. The van der Waals surface area contributed by atoms with Crippen LogP contribution in [0.15, 0.2) is 95.0 Å². The van der Waals surface area contributed by atoms with Crippen LogP contribution < -0.4 is 0 Å². The number of nitriles is 1. The summed E-state index contributed by atoms with van der Waals surface area (Å²) in [6.07, 6.45) is 0. The summed E-state index contributed by atoms with van der Waals surface area (Å²) >= 11 is 1.41. The van der Waals surface area contributed by atoms with Crippen molar-refractivity contribution in [1.82, 2.24) is 14.8 Å². The van der Waals surface area contributed by atoms with Crippen molar-refractivity contribution in [3.05, 3.63) is 102 Å². The fourth-order valence-electron chi connectivity index (χ4n) is 3.10. The standard InChI is InChI=1S/C23H18N4O2S2/c24-15-18-9-7-8-10-19(18)16-30-23-26-25-22(27(23)20-11-3-1-4-12-20)17-31(28,29)21-13-5-2-6-14-21/h1-14H,16-17H2. The highest BCUT2D eigenvalue weighted by atomic mass is 32.2. The van der Waals surface area contributed by atoms with Gasteiger partial charge in [0.25, 0.3) is 0 Å². The van der Waals surface area contributed by atoms with Crippen LogP contribution in [0, 0.1) is 11.3 Å². The van der Waals surface area contributed by atoms with E-state index in [0.29, 0.717) is 22.3 Å². The van der Waals surface area contributed by atoms with Crippen molar-refractivity contribution < 1.29 is 8.42 Å². The molecule has 154 valence electrons. The molecule has 1 aromatic heterocycles. The van der Waals surface area contributed by atoms with Crippen LogP contribution in [0.1, 0.15) is 17.0 Å². The third kappa shape index (κ3) is 4.68. The highest BCUT2D eigenvalue weighted by Gasteiger charge is 2.22. The average Bonchev–Trinajstić information content (AvgIpc) is 3.20. The number of rotatable bonds is 7. The van der Waals surface area contributed by atoms with Crippen molar-refractivity contribution in [2.45, 2.75) is 21.6 Å². The van der Waals surface area contributed by atoms with Gasteiger partial charge in [-0.3, -0.25) is 4.57 Å². The fourth-order valence-corrected chi connectivity index (χ4v) is 5.34. The zero-order valence-electron chi connectivity index (χ0n) is 16.4. The van der Waals surface area contributed by atoms with Gasteiger partial charge in [0.1, 0.15) is 5.75 Å². The molecule has 8 heteroatoms. The normalized spacial score (nSPS) is 11.2. The maximum absolute atomic E-state index is 12.9. The van der Waals surface area contributed by atoms with Crippen LogP contribution in [-0.2, 0) is 21.3 Å². The molecule has 0 atom stereocenters. The van der Waals surface area contributed by atoms with Crippen LogP contribution >= 0.6 is 11.8 Å². The lowest BCUT2D eigenvalue weighted by molar-refractivity contribution is 0.593. The summed E-state index contributed by atoms with van der Waals surface area (Å²) in [5, 5.41) is 18.4. The summed E-state index contributed by atoms with van der Waals surface area (Å²) < 4.78 is 27.6. The summed E-state index contributed by atoms with van der Waals surface area (Å²) in [7, 11) is -3.58. The molecular formula is C23H18N4O2S2. The number of thioether (sulfide) groups is 1. The van der Waals surface area contributed by atoms with E-state index in [1.54, 1.807) is 41.0 Å². The van der Waals surface area contributed by atoms with Crippen LogP contribution in [-0.4, -0.2) is 23.2 Å². The SMILES string of the molecule is N#Cc1ccccc1CSc1nnc(CS(=O)(=O)c2ccccc2)n1-c1ccccc1. The number of benzene rings is 3. The van der Waals surface area contributed by atoms with Gasteiger partial charge < -0.3 is 0 Å². The molecule has 3 aromatic carbocycles. The van der Waals surface area contributed by atoms with Gasteiger partial charge in [0, 0.05) is 11.4 Å². The molecule has 0 saturated carbocycles. The van der Waals surface area contributed by atoms with E-state index in [0.717, 1.165) is 11.3 Å². The van der Waals surface area contributed by atoms with Crippen molar-refractivity contribution in [3.8, 4) is 11.8 Å². The molecule has 0 radical (unpaired) electrons. The first-order valence-electron chi connectivity index (χ1n) is 9.47. The zero-order valence-corrected chi connectivity index (χ0v) is 18.1. The van der Waals surface area contributed by atoms with Crippen molar-refractivity contribution in [2.24, 2.45) is 0 Å². The van der Waals surface area contributed by atoms with Crippen LogP contribution in [0.3, 0.4) is 0 Å². The summed E-state index contributed by atoms with van der Waals surface area (Å²) in [5.74, 6) is 0.583. The number of aromatic nitrogens is 3. The average molecular weight is 447 g/mol. The Bertz CT molecular complexity index is 1330. The van der Waals surface area contributed by atoms with E-state index in [2.05, 4.69) is 16.3 Å². The van der Waals surface area contributed by atoms with E-state index in [-0.39, 0.29) is 10.6 Å². The maximum Gasteiger partial charge on any atom is 0.196 e. The quantitative estimate of drug-likeness (QED) is 0.391. The van der Waals surface area contributed by atoms with Crippen molar-refractivity contribution >= 4 is 21.6 Å². The largest absolute Gasteiger partial charge is 0.273 e. The minimum Gasteiger partial charge on any atom is -0.273 e. The molecule has 0 amide bonds. The van der Waals surface area contributed by atoms with Gasteiger partial charge in [0.05, 0.1) is 16.5 Å². The molecule has 31 heavy (non-hydrogen) atoms. The Kier molecular flexibility index (Phi) is 6.16. The Morgan fingerprint density at radius 3 is 2.23 bits per heavy atom. The Hall–Kier alpha value is -3.41. The number of para-hydroxylation sites is 1. The topological polar surface area (TPSA) is 88.6 Å². The second-order valence-electron chi connectivity index (χ2n) is 6.70. The monoisotopic (exact) mass is 446 g/mol. The van der Waals surface area contributed by atoms with Crippen molar-refractivity contribution in [3.63, 3.8) is 0 Å². The minimum atomic E-state index is -3.58. The molecule has 0 N–H and O–H groups in total. The molecule has 1 heterocycles. The molecule has 0 aliphatic carbocycles. The van der Waals surface area contributed by atoms with Gasteiger partial charge in [-0.05, 0) is 35.9 Å². The lowest BCUT2D eigenvalue weighted by atomic mass is 10.1. The molecule has 6 nitrogen and oxygen atoms in total. The molecule has 0 aliphatic rings. The van der Waals surface area contributed by atoms with Gasteiger partial charge in [0.15, 0.2) is 20.8 Å². The summed E-state index contributed by atoms with van der Waals surface area (Å²) in [6.45, 7) is 0. The molecule has 0 saturated heterocycles. The van der Waals surface area contributed by atoms with Crippen LogP contribution in [0.25, 0.3) is 5.69 Å². The van der Waals surface area contributed by atoms with Crippen molar-refractivity contribution in [2.75, 3.05) is 0 Å². The van der Waals surface area contributed by atoms with E-state index in [9.17, 15) is 13.7 Å². The highest BCUT2D eigenvalue weighted by Crippen LogP contribution is 2.28. The van der Waals surface area contributed by atoms with Gasteiger partial charge in [-0.1, -0.05) is 66.4 Å². The highest BCUT2D eigenvalue weighted by molar-refractivity contribution is 7.98. The lowest BCUT2D eigenvalue weighted by Gasteiger charge is -2.11.